The third-order valence-corrected chi connectivity index (χ3v) is 3.05. The van der Waals surface area contributed by atoms with E-state index in [1.165, 1.54) is 12.4 Å². The monoisotopic (exact) mass is 253 g/mol. The maximum absolute atomic E-state index is 11.2. The molecule has 94 valence electrons. The van der Waals surface area contributed by atoms with E-state index < -0.39 is 5.97 Å². The van der Waals surface area contributed by atoms with Crippen LogP contribution in [0.2, 0.25) is 0 Å². The number of aryl methyl sites for hydroxylation is 1. The number of nitrogens with zero attached hydrogens (tertiary/aromatic N) is 3. The van der Waals surface area contributed by atoms with Gasteiger partial charge in [0.15, 0.2) is 5.69 Å². The van der Waals surface area contributed by atoms with Gasteiger partial charge in [-0.25, -0.2) is 9.78 Å². The van der Waals surface area contributed by atoms with Crippen molar-refractivity contribution in [2.75, 3.05) is 0 Å². The number of hydrogen-bond donors (Lipinski definition) is 1. The summed E-state index contributed by atoms with van der Waals surface area (Å²) in [6, 6.07) is 7.80. The average Bonchev–Trinajstić information content (AvgIpc) is 2.77. The molecule has 0 bridgehead atoms. The summed E-state index contributed by atoms with van der Waals surface area (Å²) in [5.74, 6) is -1.07. The smallest absolute Gasteiger partial charge is 0.356 e. The van der Waals surface area contributed by atoms with Crippen LogP contribution >= 0.6 is 0 Å². The Kier molecular flexibility index (Phi) is 2.52. The van der Waals surface area contributed by atoms with E-state index in [0.717, 1.165) is 16.5 Å². The summed E-state index contributed by atoms with van der Waals surface area (Å²) in [7, 11) is 1.92. The van der Waals surface area contributed by atoms with E-state index in [0.29, 0.717) is 5.69 Å². The predicted octanol–water partition coefficient (Wildman–Crippen LogP) is 2.33. The SMILES string of the molecule is Cn1cc(-c2nccnc2C(=O)O)c2ccccc21. The first-order valence-corrected chi connectivity index (χ1v) is 5.77. The average molecular weight is 253 g/mol. The first kappa shape index (κ1) is 11.4. The first-order chi connectivity index (χ1) is 9.18. The van der Waals surface area contributed by atoms with Crippen LogP contribution in [0.1, 0.15) is 10.5 Å². The lowest BCUT2D eigenvalue weighted by Crippen LogP contribution is -2.04. The van der Waals surface area contributed by atoms with Crippen molar-refractivity contribution in [2.45, 2.75) is 0 Å². The van der Waals surface area contributed by atoms with Gasteiger partial charge in [0.1, 0.15) is 5.69 Å². The number of aromatic nitrogens is 3. The molecule has 5 nitrogen and oxygen atoms in total. The Labute approximate surface area is 109 Å². The fraction of sp³-hybridized carbons (Fsp3) is 0.0714. The van der Waals surface area contributed by atoms with E-state index >= 15 is 0 Å². The molecule has 1 aromatic carbocycles. The molecule has 0 saturated heterocycles. The molecule has 3 aromatic rings. The van der Waals surface area contributed by atoms with Gasteiger partial charge in [-0.05, 0) is 6.07 Å². The quantitative estimate of drug-likeness (QED) is 0.761. The van der Waals surface area contributed by atoms with Crippen LogP contribution in [0, 0.1) is 0 Å². The van der Waals surface area contributed by atoms with Gasteiger partial charge in [0, 0.05) is 42.1 Å². The van der Waals surface area contributed by atoms with Crippen molar-refractivity contribution in [3.8, 4) is 11.3 Å². The highest BCUT2D eigenvalue weighted by Crippen LogP contribution is 2.30. The number of benzene rings is 1. The molecule has 0 amide bonds. The Morgan fingerprint density at radius 2 is 1.95 bits per heavy atom. The maximum Gasteiger partial charge on any atom is 0.356 e. The molecule has 0 radical (unpaired) electrons. The van der Waals surface area contributed by atoms with Crippen LogP contribution in [0.25, 0.3) is 22.2 Å². The number of carboxylic acids is 1. The van der Waals surface area contributed by atoms with Gasteiger partial charge in [0.2, 0.25) is 0 Å². The third-order valence-electron chi connectivity index (χ3n) is 3.05. The highest BCUT2D eigenvalue weighted by atomic mass is 16.4. The molecular weight excluding hydrogens is 242 g/mol. The molecule has 0 aliphatic carbocycles. The molecule has 19 heavy (non-hydrogen) atoms. The Balaban J connectivity index is 2.34. The number of para-hydroxylation sites is 1. The highest BCUT2D eigenvalue weighted by Gasteiger charge is 2.18. The maximum atomic E-state index is 11.2. The highest BCUT2D eigenvalue weighted by molar-refractivity contribution is 6.01. The Hall–Kier alpha value is -2.69. The van der Waals surface area contributed by atoms with Crippen LogP contribution in [0.4, 0.5) is 0 Å². The summed E-state index contributed by atoms with van der Waals surface area (Å²) in [4.78, 5) is 19.3. The van der Waals surface area contributed by atoms with Gasteiger partial charge in [-0.15, -0.1) is 0 Å². The largest absolute Gasteiger partial charge is 0.476 e. The lowest BCUT2D eigenvalue weighted by atomic mass is 10.1. The van der Waals surface area contributed by atoms with Crippen LogP contribution in [-0.2, 0) is 7.05 Å². The van der Waals surface area contributed by atoms with Gasteiger partial charge in [-0.3, -0.25) is 4.98 Å². The summed E-state index contributed by atoms with van der Waals surface area (Å²) < 4.78 is 1.95. The zero-order chi connectivity index (χ0) is 13.4. The molecular formula is C14H11N3O2. The molecule has 0 fully saturated rings. The van der Waals surface area contributed by atoms with Crippen molar-refractivity contribution < 1.29 is 9.90 Å². The summed E-state index contributed by atoms with van der Waals surface area (Å²) >= 11 is 0. The van der Waals surface area contributed by atoms with E-state index in [2.05, 4.69) is 9.97 Å². The van der Waals surface area contributed by atoms with Gasteiger partial charge >= 0.3 is 5.97 Å². The van der Waals surface area contributed by atoms with Crippen molar-refractivity contribution in [3.05, 3.63) is 48.5 Å². The van der Waals surface area contributed by atoms with Crippen molar-refractivity contribution in [1.82, 2.24) is 14.5 Å². The molecule has 2 heterocycles. The molecule has 1 N–H and O–H groups in total. The van der Waals surface area contributed by atoms with Crippen LogP contribution in [0.15, 0.2) is 42.9 Å². The summed E-state index contributed by atoms with van der Waals surface area (Å²) in [6.45, 7) is 0. The fourth-order valence-electron chi connectivity index (χ4n) is 2.22. The molecule has 0 spiro atoms. The lowest BCUT2D eigenvalue weighted by molar-refractivity contribution is 0.0691. The zero-order valence-electron chi connectivity index (χ0n) is 10.2. The minimum atomic E-state index is -1.07. The molecule has 5 heteroatoms. The first-order valence-electron chi connectivity index (χ1n) is 5.77. The lowest BCUT2D eigenvalue weighted by Gasteiger charge is -2.02. The predicted molar refractivity (Wildman–Crippen MR) is 70.9 cm³/mol. The Bertz CT molecular complexity index is 777. The molecule has 0 atom stereocenters. The summed E-state index contributed by atoms with van der Waals surface area (Å²) in [5.41, 5.74) is 2.17. The molecule has 0 saturated carbocycles. The van der Waals surface area contributed by atoms with Crippen LogP contribution in [0.3, 0.4) is 0 Å². The zero-order valence-corrected chi connectivity index (χ0v) is 10.2. The van der Waals surface area contributed by atoms with Crippen molar-refractivity contribution in [2.24, 2.45) is 7.05 Å². The van der Waals surface area contributed by atoms with E-state index in [1.807, 2.05) is 42.1 Å². The summed E-state index contributed by atoms with van der Waals surface area (Å²) in [6.07, 6.45) is 4.77. The topological polar surface area (TPSA) is 68.0 Å². The van der Waals surface area contributed by atoms with Gasteiger partial charge in [-0.2, -0.15) is 0 Å². The second-order valence-electron chi connectivity index (χ2n) is 4.23. The summed E-state index contributed by atoms with van der Waals surface area (Å²) in [5, 5.41) is 10.2. The Morgan fingerprint density at radius 3 is 2.74 bits per heavy atom. The number of carboxylic acid groups (broad SMARTS) is 1. The van der Waals surface area contributed by atoms with E-state index in [1.54, 1.807) is 0 Å². The minimum absolute atomic E-state index is 0.0288. The van der Waals surface area contributed by atoms with Gasteiger partial charge < -0.3 is 9.67 Å². The van der Waals surface area contributed by atoms with Gasteiger partial charge in [0.25, 0.3) is 0 Å². The Morgan fingerprint density at radius 1 is 1.21 bits per heavy atom. The number of aromatic carboxylic acids is 1. The molecule has 0 unspecified atom stereocenters. The van der Waals surface area contributed by atoms with Crippen molar-refractivity contribution >= 4 is 16.9 Å². The fourth-order valence-corrected chi connectivity index (χ4v) is 2.22. The van der Waals surface area contributed by atoms with E-state index in [4.69, 9.17) is 0 Å². The molecule has 0 aliphatic rings. The van der Waals surface area contributed by atoms with Crippen molar-refractivity contribution in [3.63, 3.8) is 0 Å². The molecule has 2 aromatic heterocycles. The molecule has 0 aliphatic heterocycles. The number of carbonyl (C=O) groups is 1. The second-order valence-corrected chi connectivity index (χ2v) is 4.23. The van der Waals surface area contributed by atoms with Crippen molar-refractivity contribution in [1.29, 1.82) is 0 Å². The second kappa shape index (κ2) is 4.20. The number of fused-ring (bicyclic) bond motifs is 1. The normalized spacial score (nSPS) is 10.8. The van der Waals surface area contributed by atoms with Gasteiger partial charge in [-0.1, -0.05) is 18.2 Å². The third kappa shape index (κ3) is 1.76. The van der Waals surface area contributed by atoms with Gasteiger partial charge in [0.05, 0.1) is 0 Å². The van der Waals surface area contributed by atoms with E-state index in [9.17, 15) is 9.90 Å². The molecule has 3 rings (SSSR count). The number of rotatable bonds is 2. The van der Waals surface area contributed by atoms with Crippen LogP contribution in [0.5, 0.6) is 0 Å². The van der Waals surface area contributed by atoms with E-state index in [-0.39, 0.29) is 5.69 Å². The van der Waals surface area contributed by atoms with Crippen LogP contribution in [-0.4, -0.2) is 25.6 Å². The minimum Gasteiger partial charge on any atom is -0.476 e. The number of hydrogen-bond acceptors (Lipinski definition) is 3. The van der Waals surface area contributed by atoms with Crippen LogP contribution < -0.4 is 0 Å². The standard InChI is InChI=1S/C14H11N3O2/c1-17-8-10(9-4-2-3-5-11(9)17)12-13(14(18)19)16-7-6-15-12/h2-8H,1H3,(H,18,19).